The molecule has 2 rings (SSSR count). The van der Waals surface area contributed by atoms with Crippen molar-refractivity contribution in [2.45, 2.75) is 43.5 Å². The molecule has 4 heteroatoms. The van der Waals surface area contributed by atoms with Crippen LogP contribution in [0.15, 0.2) is 45.9 Å². The van der Waals surface area contributed by atoms with Crippen molar-refractivity contribution in [1.82, 2.24) is 4.98 Å². The Balaban J connectivity index is 2.30. The number of aryl methyl sites for hydroxylation is 2. The molecule has 1 aromatic heterocycles. The zero-order valence-electron chi connectivity index (χ0n) is 12.6. The zero-order chi connectivity index (χ0) is 15.4. The van der Waals surface area contributed by atoms with Crippen molar-refractivity contribution in [3.8, 4) is 0 Å². The van der Waals surface area contributed by atoms with Crippen LogP contribution in [0.2, 0.25) is 0 Å². The Morgan fingerprint density at radius 1 is 1.19 bits per heavy atom. The standard InChI is InChI=1S/C17H21BrN2S/c1-4-15(19)17(13-5-7-14(18)8-6-13)21-16-10-11(2)9-12(3)20-16/h5-10,15,17H,4,19H2,1-3H3. The van der Waals surface area contributed by atoms with Gasteiger partial charge in [-0.2, -0.15) is 0 Å². The number of benzene rings is 1. The van der Waals surface area contributed by atoms with E-state index in [1.165, 1.54) is 11.1 Å². The van der Waals surface area contributed by atoms with Crippen LogP contribution in [-0.2, 0) is 0 Å². The van der Waals surface area contributed by atoms with Gasteiger partial charge in [-0.1, -0.05) is 46.7 Å². The number of hydrogen-bond acceptors (Lipinski definition) is 3. The first kappa shape index (κ1) is 16.5. The van der Waals surface area contributed by atoms with Gasteiger partial charge in [-0.25, -0.2) is 4.98 Å². The molecular formula is C17H21BrN2S. The highest BCUT2D eigenvalue weighted by molar-refractivity contribution is 9.10. The lowest BCUT2D eigenvalue weighted by Gasteiger charge is -2.23. The first-order chi connectivity index (χ1) is 9.99. The zero-order valence-corrected chi connectivity index (χ0v) is 15.0. The molecule has 1 heterocycles. The maximum atomic E-state index is 6.35. The molecule has 0 aliphatic carbocycles. The number of pyridine rings is 1. The third-order valence-electron chi connectivity index (χ3n) is 3.38. The van der Waals surface area contributed by atoms with Gasteiger partial charge in [-0.3, -0.25) is 0 Å². The lowest BCUT2D eigenvalue weighted by Crippen LogP contribution is -2.25. The number of aromatic nitrogens is 1. The molecule has 0 fully saturated rings. The first-order valence-electron chi connectivity index (χ1n) is 7.12. The minimum Gasteiger partial charge on any atom is -0.326 e. The number of rotatable bonds is 5. The molecule has 2 aromatic rings. The molecule has 1 aromatic carbocycles. The summed E-state index contributed by atoms with van der Waals surface area (Å²) in [4.78, 5) is 4.63. The van der Waals surface area contributed by atoms with Crippen molar-refractivity contribution >= 4 is 27.7 Å². The lowest BCUT2D eigenvalue weighted by atomic mass is 10.0. The maximum absolute atomic E-state index is 6.35. The summed E-state index contributed by atoms with van der Waals surface area (Å²) in [7, 11) is 0. The predicted octanol–water partition coefficient (Wildman–Crippen LogP) is 5.03. The number of hydrogen-bond donors (Lipinski definition) is 1. The maximum Gasteiger partial charge on any atom is 0.0972 e. The summed E-state index contributed by atoms with van der Waals surface area (Å²) in [5.41, 5.74) is 9.89. The molecule has 0 bridgehead atoms. The van der Waals surface area contributed by atoms with Gasteiger partial charge in [0.2, 0.25) is 0 Å². The van der Waals surface area contributed by atoms with Crippen LogP contribution < -0.4 is 5.73 Å². The van der Waals surface area contributed by atoms with Gasteiger partial charge >= 0.3 is 0 Å². The van der Waals surface area contributed by atoms with E-state index in [-0.39, 0.29) is 11.3 Å². The fraction of sp³-hybridized carbons (Fsp3) is 0.353. The summed E-state index contributed by atoms with van der Waals surface area (Å²) in [6, 6.07) is 12.8. The summed E-state index contributed by atoms with van der Waals surface area (Å²) in [5.74, 6) is 0. The Morgan fingerprint density at radius 3 is 2.43 bits per heavy atom. The van der Waals surface area contributed by atoms with E-state index in [2.05, 4.69) is 71.2 Å². The topological polar surface area (TPSA) is 38.9 Å². The molecule has 0 saturated heterocycles. The van der Waals surface area contributed by atoms with Gasteiger partial charge in [0.05, 0.1) is 10.3 Å². The highest BCUT2D eigenvalue weighted by atomic mass is 79.9. The average molecular weight is 365 g/mol. The second-order valence-corrected chi connectivity index (χ2v) is 7.36. The lowest BCUT2D eigenvalue weighted by molar-refractivity contribution is 0.633. The Morgan fingerprint density at radius 2 is 1.86 bits per heavy atom. The average Bonchev–Trinajstić information content (AvgIpc) is 2.44. The molecule has 0 radical (unpaired) electrons. The van der Waals surface area contributed by atoms with Gasteiger partial charge in [0.1, 0.15) is 0 Å². The molecule has 0 spiro atoms. The van der Waals surface area contributed by atoms with Gasteiger partial charge in [0, 0.05) is 16.2 Å². The monoisotopic (exact) mass is 364 g/mol. The van der Waals surface area contributed by atoms with E-state index in [1.54, 1.807) is 11.8 Å². The molecule has 2 unspecified atom stereocenters. The molecule has 2 nitrogen and oxygen atoms in total. The quantitative estimate of drug-likeness (QED) is 0.755. The fourth-order valence-electron chi connectivity index (χ4n) is 2.26. The molecule has 0 aliphatic heterocycles. The summed E-state index contributed by atoms with van der Waals surface area (Å²) in [6.07, 6.45) is 0.943. The van der Waals surface area contributed by atoms with Crippen molar-refractivity contribution in [3.05, 3.63) is 57.7 Å². The van der Waals surface area contributed by atoms with E-state index in [1.807, 2.05) is 6.92 Å². The van der Waals surface area contributed by atoms with Gasteiger partial charge in [0.25, 0.3) is 0 Å². The van der Waals surface area contributed by atoms with Gasteiger partial charge in [0.15, 0.2) is 0 Å². The number of thioether (sulfide) groups is 1. The summed E-state index contributed by atoms with van der Waals surface area (Å²) < 4.78 is 1.09. The third kappa shape index (κ3) is 4.56. The number of halogens is 1. The van der Waals surface area contributed by atoms with E-state index < -0.39 is 0 Å². The van der Waals surface area contributed by atoms with Gasteiger partial charge in [-0.05, 0) is 55.7 Å². The Hall–Kier alpha value is -0.840. The van der Waals surface area contributed by atoms with Crippen LogP contribution in [0.5, 0.6) is 0 Å². The van der Waals surface area contributed by atoms with Crippen molar-refractivity contribution in [1.29, 1.82) is 0 Å². The molecule has 2 N–H and O–H groups in total. The first-order valence-corrected chi connectivity index (χ1v) is 8.80. The van der Waals surface area contributed by atoms with E-state index in [4.69, 9.17) is 5.73 Å². The number of nitrogens with two attached hydrogens (primary N) is 1. The summed E-state index contributed by atoms with van der Waals surface area (Å²) in [6.45, 7) is 6.27. The van der Waals surface area contributed by atoms with Crippen LogP contribution in [0.3, 0.4) is 0 Å². The van der Waals surface area contributed by atoms with E-state index in [0.717, 1.165) is 21.6 Å². The van der Waals surface area contributed by atoms with Crippen LogP contribution in [0.25, 0.3) is 0 Å². The normalized spacial score (nSPS) is 14.0. The van der Waals surface area contributed by atoms with Crippen molar-refractivity contribution in [3.63, 3.8) is 0 Å². The predicted molar refractivity (Wildman–Crippen MR) is 94.7 cm³/mol. The summed E-state index contributed by atoms with van der Waals surface area (Å²) >= 11 is 5.24. The van der Waals surface area contributed by atoms with Gasteiger partial charge in [-0.15, -0.1) is 0 Å². The molecule has 2 atom stereocenters. The van der Waals surface area contributed by atoms with Crippen molar-refractivity contribution < 1.29 is 0 Å². The van der Waals surface area contributed by atoms with Crippen molar-refractivity contribution in [2.75, 3.05) is 0 Å². The third-order valence-corrected chi connectivity index (χ3v) is 5.24. The number of nitrogens with zero attached hydrogens (tertiary/aromatic N) is 1. The van der Waals surface area contributed by atoms with Crippen LogP contribution >= 0.6 is 27.7 Å². The SMILES string of the molecule is CCC(N)C(Sc1cc(C)cc(C)n1)c1ccc(Br)cc1. The minimum absolute atomic E-state index is 0.110. The van der Waals surface area contributed by atoms with Crippen LogP contribution in [0, 0.1) is 13.8 Å². The highest BCUT2D eigenvalue weighted by Crippen LogP contribution is 2.38. The van der Waals surface area contributed by atoms with Crippen LogP contribution in [0.1, 0.15) is 35.4 Å². The van der Waals surface area contributed by atoms with E-state index in [0.29, 0.717) is 0 Å². The van der Waals surface area contributed by atoms with Crippen LogP contribution in [-0.4, -0.2) is 11.0 Å². The smallest absolute Gasteiger partial charge is 0.0972 e. The largest absolute Gasteiger partial charge is 0.326 e. The second kappa shape index (κ2) is 7.43. The Kier molecular flexibility index (Phi) is 5.85. The molecule has 0 aliphatic rings. The molecule has 0 amide bonds. The highest BCUT2D eigenvalue weighted by Gasteiger charge is 2.20. The fourth-order valence-corrected chi connectivity index (χ4v) is 3.90. The molecule has 21 heavy (non-hydrogen) atoms. The summed E-state index contributed by atoms with van der Waals surface area (Å²) in [5, 5.41) is 1.26. The Bertz CT molecular complexity index is 578. The molecule has 0 saturated carbocycles. The molecule has 112 valence electrons. The van der Waals surface area contributed by atoms with Crippen LogP contribution in [0.4, 0.5) is 0 Å². The van der Waals surface area contributed by atoms with Gasteiger partial charge < -0.3 is 5.73 Å². The minimum atomic E-state index is 0.110. The van der Waals surface area contributed by atoms with Crippen molar-refractivity contribution in [2.24, 2.45) is 5.73 Å². The van der Waals surface area contributed by atoms with E-state index >= 15 is 0 Å². The second-order valence-electron chi connectivity index (χ2n) is 5.29. The van der Waals surface area contributed by atoms with E-state index in [9.17, 15) is 0 Å². The molecular weight excluding hydrogens is 344 g/mol. The Labute approximate surface area is 139 Å².